The van der Waals surface area contributed by atoms with E-state index in [2.05, 4.69) is 50.8 Å². The standard InChI is InChI=1S/C20H29N5O/c1-21-20(24(2)10-11-26-16-18-8-9-18)22-12-19-13-23-25(15-19)14-17-6-4-3-5-7-17/h3-7,13,15,18H,8-12,14,16H2,1-2H3,(H,21,22). The first-order valence-electron chi connectivity index (χ1n) is 9.29. The van der Waals surface area contributed by atoms with E-state index in [1.165, 1.54) is 18.4 Å². The van der Waals surface area contributed by atoms with E-state index in [1.54, 1.807) is 0 Å². The summed E-state index contributed by atoms with van der Waals surface area (Å²) < 4.78 is 7.67. The van der Waals surface area contributed by atoms with Gasteiger partial charge < -0.3 is 15.0 Å². The largest absolute Gasteiger partial charge is 0.379 e. The van der Waals surface area contributed by atoms with E-state index < -0.39 is 0 Å². The molecule has 2 aromatic rings. The topological polar surface area (TPSA) is 54.7 Å². The van der Waals surface area contributed by atoms with Crippen molar-refractivity contribution in [2.45, 2.75) is 25.9 Å². The minimum Gasteiger partial charge on any atom is -0.379 e. The molecule has 1 heterocycles. The zero-order valence-corrected chi connectivity index (χ0v) is 15.8. The number of nitrogens with one attached hydrogen (secondary N) is 1. The highest BCUT2D eigenvalue weighted by molar-refractivity contribution is 5.79. The van der Waals surface area contributed by atoms with Crippen molar-refractivity contribution in [3.63, 3.8) is 0 Å². The first-order valence-corrected chi connectivity index (χ1v) is 9.29. The normalized spacial score (nSPS) is 14.5. The Bertz CT molecular complexity index is 693. The van der Waals surface area contributed by atoms with Gasteiger partial charge in [-0.3, -0.25) is 9.67 Å². The Morgan fingerprint density at radius 2 is 2.12 bits per heavy atom. The lowest BCUT2D eigenvalue weighted by molar-refractivity contribution is 0.115. The molecule has 6 nitrogen and oxygen atoms in total. The van der Waals surface area contributed by atoms with Crippen LogP contribution in [-0.4, -0.2) is 54.5 Å². The fraction of sp³-hybridized carbons (Fsp3) is 0.500. The molecule has 1 saturated carbocycles. The second-order valence-electron chi connectivity index (χ2n) is 6.87. The molecule has 0 saturated heterocycles. The van der Waals surface area contributed by atoms with Gasteiger partial charge in [0.25, 0.3) is 0 Å². The van der Waals surface area contributed by atoms with Gasteiger partial charge in [-0.15, -0.1) is 0 Å². The highest BCUT2D eigenvalue weighted by Gasteiger charge is 2.21. The van der Waals surface area contributed by atoms with Crippen molar-refractivity contribution in [2.24, 2.45) is 10.9 Å². The summed E-state index contributed by atoms with van der Waals surface area (Å²) in [7, 11) is 3.84. The van der Waals surface area contributed by atoms with Crippen LogP contribution in [0.1, 0.15) is 24.0 Å². The average Bonchev–Trinajstić information content (AvgIpc) is 3.38. The van der Waals surface area contributed by atoms with E-state index in [9.17, 15) is 0 Å². The van der Waals surface area contributed by atoms with Crippen molar-refractivity contribution in [2.75, 3.05) is 33.9 Å². The zero-order valence-electron chi connectivity index (χ0n) is 15.8. The Balaban J connectivity index is 1.41. The maximum atomic E-state index is 5.71. The Labute approximate surface area is 155 Å². The van der Waals surface area contributed by atoms with Gasteiger partial charge in [0.2, 0.25) is 0 Å². The summed E-state index contributed by atoms with van der Waals surface area (Å²) in [4.78, 5) is 6.45. The molecule has 3 rings (SSSR count). The van der Waals surface area contributed by atoms with Gasteiger partial charge >= 0.3 is 0 Å². The van der Waals surface area contributed by atoms with Gasteiger partial charge in [0.15, 0.2) is 5.96 Å². The van der Waals surface area contributed by atoms with Gasteiger partial charge in [-0.25, -0.2) is 0 Å². The van der Waals surface area contributed by atoms with Gasteiger partial charge in [0, 0.05) is 45.6 Å². The number of guanidine groups is 1. The van der Waals surface area contributed by atoms with Crippen LogP contribution >= 0.6 is 0 Å². The van der Waals surface area contributed by atoms with Crippen molar-refractivity contribution >= 4 is 5.96 Å². The molecule has 0 bridgehead atoms. The molecule has 26 heavy (non-hydrogen) atoms. The molecule has 1 aliphatic rings. The van der Waals surface area contributed by atoms with Gasteiger partial charge in [-0.1, -0.05) is 30.3 Å². The highest BCUT2D eigenvalue weighted by atomic mass is 16.5. The highest BCUT2D eigenvalue weighted by Crippen LogP contribution is 2.28. The molecule has 0 radical (unpaired) electrons. The van der Waals surface area contributed by atoms with Crippen molar-refractivity contribution in [3.8, 4) is 0 Å². The summed E-state index contributed by atoms with van der Waals surface area (Å²) in [5.41, 5.74) is 2.39. The Hall–Kier alpha value is -2.34. The molecule has 0 unspecified atom stereocenters. The summed E-state index contributed by atoms with van der Waals surface area (Å²) >= 11 is 0. The van der Waals surface area contributed by atoms with Crippen LogP contribution in [0, 0.1) is 5.92 Å². The average molecular weight is 355 g/mol. The maximum absolute atomic E-state index is 5.71. The van der Waals surface area contributed by atoms with Crippen LogP contribution in [0.15, 0.2) is 47.7 Å². The van der Waals surface area contributed by atoms with Crippen molar-refractivity contribution in [1.82, 2.24) is 20.0 Å². The smallest absolute Gasteiger partial charge is 0.193 e. The van der Waals surface area contributed by atoms with E-state index in [0.717, 1.165) is 43.7 Å². The van der Waals surface area contributed by atoms with Gasteiger partial charge in [0.05, 0.1) is 19.3 Å². The second kappa shape index (κ2) is 9.38. The molecular weight excluding hydrogens is 326 g/mol. The number of hydrogen-bond donors (Lipinski definition) is 1. The monoisotopic (exact) mass is 355 g/mol. The van der Waals surface area contributed by atoms with Crippen molar-refractivity contribution < 1.29 is 4.74 Å². The van der Waals surface area contributed by atoms with Gasteiger partial charge in [0.1, 0.15) is 0 Å². The predicted octanol–water partition coefficient (Wildman–Crippen LogP) is 2.37. The lowest BCUT2D eigenvalue weighted by Gasteiger charge is -2.21. The first kappa shape index (κ1) is 18.5. The molecule has 1 aliphatic carbocycles. The summed E-state index contributed by atoms with van der Waals surface area (Å²) in [5, 5.41) is 7.84. The number of ether oxygens (including phenoxy) is 1. The number of nitrogens with zero attached hydrogens (tertiary/aromatic N) is 4. The lowest BCUT2D eigenvalue weighted by atomic mass is 10.2. The molecule has 1 aromatic heterocycles. The maximum Gasteiger partial charge on any atom is 0.193 e. The zero-order chi connectivity index (χ0) is 18.2. The minimum atomic E-state index is 0.703. The first-order chi connectivity index (χ1) is 12.7. The predicted molar refractivity (Wildman–Crippen MR) is 104 cm³/mol. The van der Waals surface area contributed by atoms with Gasteiger partial charge in [-0.05, 0) is 24.3 Å². The Kier molecular flexibility index (Phi) is 6.66. The number of rotatable bonds is 9. The number of hydrogen-bond acceptors (Lipinski definition) is 3. The van der Waals surface area contributed by atoms with E-state index in [4.69, 9.17) is 4.74 Å². The molecule has 140 valence electrons. The molecule has 0 spiro atoms. The lowest BCUT2D eigenvalue weighted by Crippen LogP contribution is -2.40. The summed E-state index contributed by atoms with van der Waals surface area (Å²) in [6, 6.07) is 10.4. The molecule has 1 N–H and O–H groups in total. The molecule has 0 aliphatic heterocycles. The summed E-state index contributed by atoms with van der Waals surface area (Å²) in [6.45, 7) is 3.96. The van der Waals surface area contributed by atoms with Crippen LogP contribution in [0.25, 0.3) is 0 Å². The molecule has 0 amide bonds. The third kappa shape index (κ3) is 5.88. The van der Waals surface area contributed by atoms with Crippen LogP contribution in [0.4, 0.5) is 0 Å². The van der Waals surface area contributed by atoms with Crippen LogP contribution in [-0.2, 0) is 17.8 Å². The molecular formula is C20H29N5O. The van der Waals surface area contributed by atoms with Crippen LogP contribution in [0.3, 0.4) is 0 Å². The van der Waals surface area contributed by atoms with Crippen molar-refractivity contribution in [1.29, 1.82) is 0 Å². The fourth-order valence-electron chi connectivity index (χ4n) is 2.76. The van der Waals surface area contributed by atoms with E-state index in [1.807, 2.05) is 31.0 Å². The third-order valence-corrected chi connectivity index (χ3v) is 4.52. The second-order valence-corrected chi connectivity index (χ2v) is 6.87. The molecule has 1 aromatic carbocycles. The van der Waals surface area contributed by atoms with Crippen LogP contribution in [0.5, 0.6) is 0 Å². The fourth-order valence-corrected chi connectivity index (χ4v) is 2.76. The third-order valence-electron chi connectivity index (χ3n) is 4.52. The Morgan fingerprint density at radius 1 is 1.31 bits per heavy atom. The Morgan fingerprint density at radius 3 is 2.85 bits per heavy atom. The number of aromatic nitrogens is 2. The molecule has 6 heteroatoms. The minimum absolute atomic E-state index is 0.703. The summed E-state index contributed by atoms with van der Waals surface area (Å²) in [5.74, 6) is 1.68. The van der Waals surface area contributed by atoms with E-state index in [0.29, 0.717) is 6.54 Å². The quantitative estimate of drug-likeness (QED) is 0.426. The number of aliphatic imine (C=N–C) groups is 1. The van der Waals surface area contributed by atoms with E-state index in [-0.39, 0.29) is 0 Å². The SMILES string of the molecule is CN=C(NCc1cnn(Cc2ccccc2)c1)N(C)CCOCC1CC1. The van der Waals surface area contributed by atoms with Crippen LogP contribution in [0.2, 0.25) is 0 Å². The molecule has 1 fully saturated rings. The number of likely N-dealkylation sites (N-methyl/N-ethyl adjacent to an activating group) is 1. The van der Waals surface area contributed by atoms with Crippen molar-refractivity contribution in [3.05, 3.63) is 53.9 Å². The van der Waals surface area contributed by atoms with Gasteiger partial charge in [-0.2, -0.15) is 5.10 Å². The number of benzene rings is 1. The summed E-state index contributed by atoms with van der Waals surface area (Å²) in [6.07, 6.45) is 6.64. The van der Waals surface area contributed by atoms with Crippen LogP contribution < -0.4 is 5.32 Å². The molecule has 0 atom stereocenters. The van der Waals surface area contributed by atoms with E-state index >= 15 is 0 Å².